The second-order valence-corrected chi connectivity index (χ2v) is 15.1. The average molecular weight is 839 g/mol. The van der Waals surface area contributed by atoms with Gasteiger partial charge in [-0.1, -0.05) is 26.0 Å². The molecular formula is C34H39Cl2N8O9S2-. The summed E-state index contributed by atoms with van der Waals surface area (Å²) < 4.78 is 59.0. The Kier molecular flexibility index (Phi) is 15.1. The maximum absolute atomic E-state index is 12.6. The first-order valence-electron chi connectivity index (χ1n) is 17.0. The number of para-hydroxylation sites is 1. The van der Waals surface area contributed by atoms with Crippen LogP contribution >= 0.6 is 22.5 Å². The van der Waals surface area contributed by atoms with Gasteiger partial charge in [0.1, 0.15) is 34.5 Å². The highest BCUT2D eigenvalue weighted by Gasteiger charge is 2.20. The third-order valence-electron chi connectivity index (χ3n) is 7.71. The van der Waals surface area contributed by atoms with Crippen molar-refractivity contribution in [3.05, 3.63) is 86.2 Å². The van der Waals surface area contributed by atoms with Crippen molar-refractivity contribution in [3.8, 4) is 34.3 Å². The number of halogens is 2. The van der Waals surface area contributed by atoms with Gasteiger partial charge in [0.25, 0.3) is 20.2 Å². The lowest BCUT2D eigenvalue weighted by atomic mass is 10.2. The number of nitrogens with zero attached hydrogens (tertiary/aromatic N) is 6. The number of benzene rings is 2. The van der Waals surface area contributed by atoms with Crippen molar-refractivity contribution in [1.29, 1.82) is 0 Å². The highest BCUT2D eigenvalue weighted by atomic mass is 35.7. The van der Waals surface area contributed by atoms with Gasteiger partial charge in [-0.3, -0.25) is 9.59 Å². The van der Waals surface area contributed by atoms with E-state index in [1.807, 2.05) is 45.0 Å². The number of nitrogens with one attached hydrogen (secondary N) is 2. The lowest BCUT2D eigenvalue weighted by molar-refractivity contribution is 0.341. The number of imidazole rings is 2. The minimum Gasteiger partial charge on any atom is -0.749 e. The zero-order valence-corrected chi connectivity index (χ0v) is 33.9. The predicted molar refractivity (Wildman–Crippen MR) is 207 cm³/mol. The number of hydrogen-bond donors (Lipinski definition) is 2. The summed E-state index contributed by atoms with van der Waals surface area (Å²) in [5.41, 5.74) is 2.69. The van der Waals surface area contributed by atoms with E-state index in [4.69, 9.17) is 28.9 Å². The van der Waals surface area contributed by atoms with Crippen LogP contribution < -0.4 is 20.6 Å². The van der Waals surface area contributed by atoms with Crippen molar-refractivity contribution >= 4 is 54.0 Å². The molecule has 0 saturated heterocycles. The molecular weight excluding hydrogens is 799 g/mol. The molecule has 2 N–H and O–H groups in total. The Hall–Kier alpha value is -4.66. The molecule has 296 valence electrons. The van der Waals surface area contributed by atoms with Crippen molar-refractivity contribution < 1.29 is 30.4 Å². The van der Waals surface area contributed by atoms with Crippen LogP contribution in [-0.4, -0.2) is 69.6 Å². The minimum absolute atomic E-state index is 0.110. The van der Waals surface area contributed by atoms with Crippen LogP contribution in [0.5, 0.6) is 11.5 Å². The molecule has 0 aliphatic rings. The summed E-state index contributed by atoms with van der Waals surface area (Å²) >= 11 is 1.67. The largest absolute Gasteiger partial charge is 0.749 e. The topological polar surface area (TPSA) is 228 Å². The molecule has 0 aliphatic heterocycles. The molecule has 1 atom stereocenters. The fourth-order valence-electron chi connectivity index (χ4n) is 5.56. The van der Waals surface area contributed by atoms with Gasteiger partial charge in [-0.05, 0) is 70.9 Å². The third-order valence-corrected chi connectivity index (χ3v) is 9.48. The minimum atomic E-state index is -3.95. The summed E-state index contributed by atoms with van der Waals surface area (Å²) in [5.74, 6) is 3.22. The molecule has 0 fully saturated rings. The number of H-pyrrole nitrogens is 2. The average Bonchev–Trinajstić information content (AvgIpc) is 3.64. The number of hydrogen-bond acceptors (Lipinski definition) is 13. The monoisotopic (exact) mass is 837 g/mol. The van der Waals surface area contributed by atoms with Crippen molar-refractivity contribution in [3.63, 3.8) is 0 Å². The number of aryl methyl sites for hydroxylation is 4. The van der Waals surface area contributed by atoms with Crippen molar-refractivity contribution in [2.75, 3.05) is 13.2 Å². The van der Waals surface area contributed by atoms with Crippen LogP contribution in [0.15, 0.2) is 56.9 Å². The van der Waals surface area contributed by atoms with E-state index in [1.54, 1.807) is 18.4 Å². The van der Waals surface area contributed by atoms with Gasteiger partial charge in [-0.2, -0.15) is 3.74 Å². The van der Waals surface area contributed by atoms with E-state index in [-0.39, 0.29) is 21.8 Å². The molecule has 0 radical (unpaired) electrons. The van der Waals surface area contributed by atoms with Crippen molar-refractivity contribution in [2.45, 2.75) is 72.1 Å². The molecule has 17 nitrogen and oxygen atoms in total. The van der Waals surface area contributed by atoms with E-state index >= 15 is 0 Å². The Labute approximate surface area is 328 Å². The smallest absolute Gasteiger partial charge is 0.277 e. The summed E-state index contributed by atoms with van der Waals surface area (Å²) in [4.78, 5) is 39.4. The second-order valence-electron chi connectivity index (χ2n) is 11.6. The van der Waals surface area contributed by atoms with Crippen LogP contribution in [0.4, 0.5) is 0 Å². The van der Waals surface area contributed by atoms with E-state index in [2.05, 4.69) is 52.7 Å². The summed E-state index contributed by atoms with van der Waals surface area (Å²) in [6.45, 7) is 12.3. The Balaban J connectivity index is 0.000000220. The summed E-state index contributed by atoms with van der Waals surface area (Å²) in [6, 6.07) is 11.7. The Morgan fingerprint density at radius 3 is 1.67 bits per heavy atom. The van der Waals surface area contributed by atoms with E-state index in [1.165, 1.54) is 22.7 Å². The lowest BCUT2D eigenvalue weighted by Gasteiger charge is -2.11. The number of fused-ring (bicyclic) bond motifs is 2. The lowest BCUT2D eigenvalue weighted by Crippen LogP contribution is -2.16. The molecule has 4 aromatic heterocycles. The third kappa shape index (κ3) is 10.4. The highest BCUT2D eigenvalue weighted by Crippen LogP contribution is 2.31. The van der Waals surface area contributed by atoms with Gasteiger partial charge >= 0.3 is 0 Å². The first kappa shape index (κ1) is 43.1. The Morgan fingerprint density at radius 1 is 0.782 bits per heavy atom. The number of ether oxygens (including phenoxy) is 2. The summed E-state index contributed by atoms with van der Waals surface area (Å²) in [5, 5.41) is 9.10. The molecule has 0 amide bonds. The zero-order valence-electron chi connectivity index (χ0n) is 30.7. The quantitative estimate of drug-likeness (QED) is 0.117. The van der Waals surface area contributed by atoms with Gasteiger partial charge in [-0.25, -0.2) is 31.6 Å². The number of aromatic nitrogens is 8. The molecule has 1 unspecified atom stereocenters. The Bertz CT molecular complexity index is 2540. The Morgan fingerprint density at radius 2 is 1.24 bits per heavy atom. The molecule has 6 rings (SSSR count). The maximum Gasteiger partial charge on any atom is 0.277 e. The SMILES string of the molecule is CCCc1nc(C)c2c(=O)[nH]c(-c3cc(S(=O)(=O)Cl)ccc3OCC)nn12.CCCc1nc(C)c2c(=O)[nH]c(-c3ccccc3OCC)nn12.O=S([O-])OCl. The van der Waals surface area contributed by atoms with Crippen LogP contribution in [0.25, 0.3) is 33.8 Å². The molecule has 21 heteroatoms. The van der Waals surface area contributed by atoms with Gasteiger partial charge in [0, 0.05) is 23.5 Å². The first-order chi connectivity index (χ1) is 26.2. The van der Waals surface area contributed by atoms with Crippen LogP contribution in [0.3, 0.4) is 0 Å². The molecule has 0 bridgehead atoms. The van der Waals surface area contributed by atoms with Gasteiger partial charge in [-0.15, -0.1) is 10.2 Å². The zero-order chi connectivity index (χ0) is 40.4. The van der Waals surface area contributed by atoms with Crippen LogP contribution in [0, 0.1) is 13.8 Å². The van der Waals surface area contributed by atoms with E-state index in [0.717, 1.165) is 30.7 Å². The predicted octanol–water partition coefficient (Wildman–Crippen LogP) is 5.37. The normalized spacial score (nSPS) is 11.8. The van der Waals surface area contributed by atoms with Gasteiger partial charge in [0.05, 0.1) is 52.5 Å². The molecule has 55 heavy (non-hydrogen) atoms. The summed E-state index contributed by atoms with van der Waals surface area (Å²) in [6.07, 6.45) is 3.21. The van der Waals surface area contributed by atoms with Gasteiger partial charge < -0.3 is 24.0 Å². The fourth-order valence-corrected chi connectivity index (χ4v) is 6.33. The maximum atomic E-state index is 12.6. The van der Waals surface area contributed by atoms with Gasteiger partial charge in [0.2, 0.25) is 0 Å². The van der Waals surface area contributed by atoms with E-state index in [9.17, 15) is 18.0 Å². The van der Waals surface area contributed by atoms with Crippen LogP contribution in [0.1, 0.15) is 63.6 Å². The molecule has 0 aliphatic carbocycles. The molecule has 4 heterocycles. The first-order valence-corrected chi connectivity index (χ1v) is 20.6. The van der Waals surface area contributed by atoms with Crippen molar-refractivity contribution in [1.82, 2.24) is 39.2 Å². The molecule has 0 saturated carbocycles. The number of rotatable bonds is 12. The molecule has 6 aromatic rings. The second kappa shape index (κ2) is 19.3. The molecule has 0 spiro atoms. The number of aromatic amines is 2. The van der Waals surface area contributed by atoms with Crippen molar-refractivity contribution in [2.24, 2.45) is 0 Å². The standard InChI is InChI=1S/C17H19ClN4O4S.C17H20N4O2.ClHO3S/c1-4-6-14-19-10(3)15-17(23)20-16(21-22(14)15)12-9-11(27(18,24)25)7-8-13(12)26-5-2;1-4-8-14-18-11(3)15-17(22)19-16(20-21(14)15)12-9-6-7-10-13(12)23-5-2;1-4-5(2)3/h7-9H,4-6H2,1-3H3,(H,20,21,23);6-7,9-10H,4-5,8H2,1-3H3,(H,19,20,22);(H,2,3)/p-1. The van der Waals surface area contributed by atoms with Crippen LogP contribution in [-0.2, 0) is 37.0 Å². The highest BCUT2D eigenvalue weighted by molar-refractivity contribution is 8.13. The van der Waals surface area contributed by atoms with Crippen LogP contribution in [0.2, 0.25) is 0 Å². The summed E-state index contributed by atoms with van der Waals surface area (Å²) in [7, 11) is 1.51. The van der Waals surface area contributed by atoms with E-state index in [0.29, 0.717) is 70.8 Å². The van der Waals surface area contributed by atoms with Gasteiger partial charge in [0.15, 0.2) is 22.7 Å². The fraction of sp³-hybridized carbons (Fsp3) is 0.353. The molecule has 2 aromatic carbocycles. The van der Waals surface area contributed by atoms with E-state index < -0.39 is 20.4 Å².